The lowest BCUT2D eigenvalue weighted by atomic mass is 10.4. The van der Waals surface area contributed by atoms with Crippen molar-refractivity contribution in [2.24, 2.45) is 0 Å². The maximum absolute atomic E-state index is 7.22. The minimum atomic E-state index is 0.668. The summed E-state index contributed by atoms with van der Waals surface area (Å²) < 4.78 is 0. The third-order valence-corrected chi connectivity index (χ3v) is 2.38. The van der Waals surface area contributed by atoms with E-state index in [2.05, 4.69) is 6.92 Å². The van der Waals surface area contributed by atoms with Gasteiger partial charge in [0.25, 0.3) is 0 Å². The van der Waals surface area contributed by atoms with Crippen LogP contribution in [0.25, 0.3) is 0 Å². The molecule has 1 aliphatic rings. The van der Waals surface area contributed by atoms with Crippen LogP contribution in [0.2, 0.25) is 0 Å². The topological polar surface area (TPSA) is 3.24 Å². The molecule has 1 aliphatic heterocycles. The maximum Gasteiger partial charge on any atom is 0.0883 e. The van der Waals surface area contributed by atoms with E-state index in [1.54, 1.807) is 4.90 Å². The second-order valence-corrected chi connectivity index (χ2v) is 3.67. The van der Waals surface area contributed by atoms with Crippen LogP contribution >= 0.6 is 11.8 Å². The monoisotopic (exact) mass is 128 g/mol. The van der Waals surface area contributed by atoms with E-state index in [0.29, 0.717) is 5.25 Å². The van der Waals surface area contributed by atoms with Crippen molar-refractivity contribution in [2.75, 3.05) is 18.8 Å². The van der Waals surface area contributed by atoms with Gasteiger partial charge in [0.15, 0.2) is 0 Å². The Balaban J connectivity index is 2.23. The normalized spacial score (nSPS) is 33.0. The lowest BCUT2D eigenvalue weighted by Gasteiger charge is -2.25. The average molecular weight is 128 g/mol. The van der Waals surface area contributed by atoms with Crippen molar-refractivity contribution in [2.45, 2.75) is 12.2 Å². The first-order chi connectivity index (χ1) is 3.79. The van der Waals surface area contributed by atoms with Gasteiger partial charge in [-0.1, -0.05) is 6.92 Å². The van der Waals surface area contributed by atoms with E-state index in [1.807, 2.05) is 11.8 Å². The molecule has 0 saturated carbocycles. The molecule has 1 unspecified atom stereocenters. The molecule has 0 bridgehead atoms. The Morgan fingerprint density at radius 3 is 2.88 bits per heavy atom. The first-order valence-electron chi connectivity index (χ1n) is 2.87. The Hall–Kier alpha value is 0.310. The van der Waals surface area contributed by atoms with Crippen LogP contribution in [0, 0.1) is 7.05 Å². The number of thioether (sulfide) groups is 1. The Labute approximate surface area is 55.4 Å². The summed E-state index contributed by atoms with van der Waals surface area (Å²) in [7, 11) is 7.22. The van der Waals surface area contributed by atoms with Crippen molar-refractivity contribution >= 4 is 11.8 Å². The smallest absolute Gasteiger partial charge is 0.0883 e. The number of hydrogen-bond acceptors (Lipinski definition) is 2. The molecule has 0 aromatic heterocycles. The van der Waals surface area contributed by atoms with Crippen LogP contribution < -0.4 is 0 Å². The molecule has 1 nitrogen and oxygen atoms in total. The van der Waals surface area contributed by atoms with Gasteiger partial charge in [-0.2, -0.15) is 11.8 Å². The fourth-order valence-electron chi connectivity index (χ4n) is 0.818. The molecule has 2 heteroatoms. The van der Waals surface area contributed by atoms with Crippen molar-refractivity contribution in [1.82, 2.24) is 4.90 Å². The number of hydrogen-bond donors (Lipinski definition) is 0. The van der Waals surface area contributed by atoms with Gasteiger partial charge >= 0.3 is 0 Å². The first kappa shape index (κ1) is 6.43. The lowest BCUT2D eigenvalue weighted by Crippen LogP contribution is -2.31. The first-order valence-corrected chi connectivity index (χ1v) is 3.91. The second kappa shape index (κ2) is 2.74. The van der Waals surface area contributed by atoms with Gasteiger partial charge in [-0.15, -0.1) is 0 Å². The van der Waals surface area contributed by atoms with Gasteiger partial charge in [0, 0.05) is 24.1 Å². The molecule has 45 valence electrons. The Morgan fingerprint density at radius 1 is 1.75 bits per heavy atom. The predicted octanol–water partition coefficient (Wildman–Crippen LogP) is 0.969. The minimum Gasteiger partial charge on any atom is -0.290 e. The highest BCUT2D eigenvalue weighted by Crippen LogP contribution is 2.16. The standard InChI is InChI=1S/C6H10NS/c1-6-5-7(2)3-4-8-6/h6H,3-5H2,1H3. The maximum atomic E-state index is 7.22. The molecule has 0 aromatic carbocycles. The van der Waals surface area contributed by atoms with Crippen molar-refractivity contribution in [3.8, 4) is 0 Å². The molecule has 1 heterocycles. The SMILES string of the molecule is [C]N1CCSC(C)C1. The highest BCUT2D eigenvalue weighted by Gasteiger charge is 2.12. The van der Waals surface area contributed by atoms with E-state index >= 15 is 0 Å². The molecular formula is C6H10NS. The largest absolute Gasteiger partial charge is 0.290 e. The summed E-state index contributed by atoms with van der Waals surface area (Å²) in [5.41, 5.74) is 0. The molecule has 8 heavy (non-hydrogen) atoms. The molecule has 0 spiro atoms. The third-order valence-electron chi connectivity index (χ3n) is 1.24. The quantitative estimate of drug-likeness (QED) is 0.478. The molecular weight excluding hydrogens is 118 g/mol. The summed E-state index contributed by atoms with van der Waals surface area (Å²) in [5, 5.41) is 0.668. The highest BCUT2D eigenvalue weighted by molar-refractivity contribution is 7.99. The van der Waals surface area contributed by atoms with Crippen molar-refractivity contribution in [3.05, 3.63) is 7.05 Å². The van der Waals surface area contributed by atoms with Gasteiger partial charge < -0.3 is 0 Å². The molecule has 0 N–H and O–H groups in total. The van der Waals surface area contributed by atoms with E-state index in [-0.39, 0.29) is 0 Å². The summed E-state index contributed by atoms with van der Waals surface area (Å²) in [6.45, 7) is 4.05. The molecule has 1 atom stereocenters. The average Bonchev–Trinajstić information content (AvgIpc) is 1.64. The van der Waals surface area contributed by atoms with Crippen LogP contribution in [0.4, 0.5) is 0 Å². The van der Waals surface area contributed by atoms with Crippen molar-refractivity contribution < 1.29 is 0 Å². The molecule has 0 aliphatic carbocycles. The van der Waals surface area contributed by atoms with Gasteiger partial charge in [0.05, 0.1) is 7.05 Å². The van der Waals surface area contributed by atoms with Gasteiger partial charge in [-0.3, -0.25) is 4.90 Å². The van der Waals surface area contributed by atoms with Gasteiger partial charge in [-0.25, -0.2) is 0 Å². The lowest BCUT2D eigenvalue weighted by molar-refractivity contribution is 0.387. The summed E-state index contributed by atoms with van der Waals surface area (Å²) in [5.74, 6) is 1.13. The summed E-state index contributed by atoms with van der Waals surface area (Å²) >= 11 is 1.96. The second-order valence-electron chi connectivity index (χ2n) is 2.13. The van der Waals surface area contributed by atoms with Crippen molar-refractivity contribution in [1.29, 1.82) is 0 Å². The van der Waals surface area contributed by atoms with E-state index < -0.39 is 0 Å². The molecule has 0 amide bonds. The molecule has 1 saturated heterocycles. The predicted molar refractivity (Wildman–Crippen MR) is 36.7 cm³/mol. The minimum absolute atomic E-state index is 0.668. The van der Waals surface area contributed by atoms with E-state index in [0.717, 1.165) is 18.8 Å². The van der Waals surface area contributed by atoms with Crippen LogP contribution in [0.3, 0.4) is 0 Å². The van der Waals surface area contributed by atoms with E-state index in [9.17, 15) is 0 Å². The summed E-state index contributed by atoms with van der Waals surface area (Å²) in [4.78, 5) is 1.64. The van der Waals surface area contributed by atoms with Crippen LogP contribution in [0.15, 0.2) is 0 Å². The Morgan fingerprint density at radius 2 is 2.50 bits per heavy atom. The van der Waals surface area contributed by atoms with Crippen LogP contribution in [-0.2, 0) is 0 Å². The summed E-state index contributed by atoms with van der Waals surface area (Å²) in [6.07, 6.45) is 0. The summed E-state index contributed by atoms with van der Waals surface area (Å²) in [6, 6.07) is 0. The Bertz CT molecular complexity index is 66.9. The fourth-order valence-corrected chi connectivity index (χ4v) is 1.83. The fraction of sp³-hybridized carbons (Fsp3) is 0.833. The van der Waals surface area contributed by atoms with Gasteiger partial charge in [-0.05, 0) is 0 Å². The zero-order valence-electron chi connectivity index (χ0n) is 5.05. The van der Waals surface area contributed by atoms with Crippen LogP contribution in [0.1, 0.15) is 6.92 Å². The third kappa shape index (κ3) is 1.67. The number of rotatable bonds is 0. The molecule has 3 radical (unpaired) electrons. The van der Waals surface area contributed by atoms with E-state index in [1.165, 1.54) is 0 Å². The van der Waals surface area contributed by atoms with Crippen LogP contribution in [0.5, 0.6) is 0 Å². The molecule has 1 rings (SSSR count). The zero-order valence-corrected chi connectivity index (χ0v) is 5.87. The Kier molecular flexibility index (Phi) is 2.20. The van der Waals surface area contributed by atoms with Crippen molar-refractivity contribution in [3.63, 3.8) is 0 Å². The molecule has 0 aromatic rings. The van der Waals surface area contributed by atoms with Gasteiger partial charge in [0.1, 0.15) is 0 Å². The number of nitrogens with zero attached hydrogens (tertiary/aromatic N) is 1. The van der Waals surface area contributed by atoms with Crippen LogP contribution in [-0.4, -0.2) is 29.0 Å². The van der Waals surface area contributed by atoms with E-state index in [4.69, 9.17) is 7.05 Å². The highest BCUT2D eigenvalue weighted by atomic mass is 32.2. The van der Waals surface area contributed by atoms with Gasteiger partial charge in [0.2, 0.25) is 0 Å². The zero-order chi connectivity index (χ0) is 5.98. The molecule has 1 fully saturated rings.